The molecule has 1 atom stereocenters. The fourth-order valence-corrected chi connectivity index (χ4v) is 2.35. The van der Waals surface area contributed by atoms with Gasteiger partial charge in [0.25, 0.3) is 5.91 Å². The van der Waals surface area contributed by atoms with Gasteiger partial charge in [-0.3, -0.25) is 4.79 Å². The number of hydrogen-bond acceptors (Lipinski definition) is 4. The van der Waals surface area contributed by atoms with Crippen molar-refractivity contribution in [2.45, 2.75) is 12.5 Å². The molecule has 19 heavy (non-hydrogen) atoms. The highest BCUT2D eigenvalue weighted by Crippen LogP contribution is 2.15. The Morgan fingerprint density at radius 3 is 2.89 bits per heavy atom. The number of fused-ring (bicyclic) bond motifs is 1. The van der Waals surface area contributed by atoms with Crippen LogP contribution in [0.1, 0.15) is 16.8 Å². The van der Waals surface area contributed by atoms with Gasteiger partial charge in [0.15, 0.2) is 0 Å². The summed E-state index contributed by atoms with van der Waals surface area (Å²) < 4.78 is 5.17. The summed E-state index contributed by atoms with van der Waals surface area (Å²) >= 11 is 0. The summed E-state index contributed by atoms with van der Waals surface area (Å²) in [4.78, 5) is 25.7. The van der Waals surface area contributed by atoms with Gasteiger partial charge in [0, 0.05) is 24.5 Å². The van der Waals surface area contributed by atoms with Crippen LogP contribution in [0, 0.1) is 0 Å². The lowest BCUT2D eigenvalue weighted by molar-refractivity contribution is 0.0787. The zero-order chi connectivity index (χ0) is 13.4. The van der Waals surface area contributed by atoms with Gasteiger partial charge in [-0.15, -0.1) is 0 Å². The number of carbonyl (C=O) groups is 1. The standard InChI is InChI=1S/C14H14N2O3/c15-10-5-6-16(8-10)13(17)11-7-9-3-1-2-4-12(9)19-14(11)18/h1-4,7,10H,5-6,8,15H2/t10-/m0/s1. The van der Waals surface area contributed by atoms with E-state index in [4.69, 9.17) is 10.2 Å². The van der Waals surface area contributed by atoms with E-state index in [2.05, 4.69) is 0 Å². The number of likely N-dealkylation sites (tertiary alicyclic amines) is 1. The van der Waals surface area contributed by atoms with Gasteiger partial charge in [0.1, 0.15) is 11.1 Å². The van der Waals surface area contributed by atoms with Crippen molar-refractivity contribution in [1.82, 2.24) is 4.90 Å². The number of amides is 1. The first-order chi connectivity index (χ1) is 9.15. The number of carbonyl (C=O) groups excluding carboxylic acids is 1. The molecule has 0 saturated carbocycles. The van der Waals surface area contributed by atoms with E-state index in [9.17, 15) is 9.59 Å². The Kier molecular flexibility index (Phi) is 2.83. The second kappa shape index (κ2) is 4.51. The summed E-state index contributed by atoms with van der Waals surface area (Å²) in [5.74, 6) is -0.299. The van der Waals surface area contributed by atoms with Crippen LogP contribution in [-0.2, 0) is 0 Å². The monoisotopic (exact) mass is 258 g/mol. The number of para-hydroxylation sites is 1. The van der Waals surface area contributed by atoms with Gasteiger partial charge in [0.2, 0.25) is 0 Å². The largest absolute Gasteiger partial charge is 0.422 e. The maximum absolute atomic E-state index is 12.3. The molecular weight excluding hydrogens is 244 g/mol. The summed E-state index contributed by atoms with van der Waals surface area (Å²) in [7, 11) is 0. The highest BCUT2D eigenvalue weighted by molar-refractivity contribution is 5.96. The van der Waals surface area contributed by atoms with Crippen molar-refractivity contribution in [3.63, 3.8) is 0 Å². The van der Waals surface area contributed by atoms with Gasteiger partial charge in [-0.25, -0.2) is 4.79 Å². The van der Waals surface area contributed by atoms with Crippen LogP contribution in [0.4, 0.5) is 0 Å². The highest BCUT2D eigenvalue weighted by Gasteiger charge is 2.26. The van der Waals surface area contributed by atoms with Crippen LogP contribution in [0.5, 0.6) is 0 Å². The van der Waals surface area contributed by atoms with E-state index in [0.717, 1.165) is 11.8 Å². The number of nitrogens with zero attached hydrogens (tertiary/aromatic N) is 1. The van der Waals surface area contributed by atoms with E-state index in [0.29, 0.717) is 18.7 Å². The van der Waals surface area contributed by atoms with Crippen LogP contribution < -0.4 is 11.4 Å². The van der Waals surface area contributed by atoms with E-state index in [1.807, 2.05) is 12.1 Å². The second-order valence-corrected chi connectivity index (χ2v) is 4.79. The fraction of sp³-hybridized carbons (Fsp3) is 0.286. The van der Waals surface area contributed by atoms with Crippen LogP contribution in [0.15, 0.2) is 39.5 Å². The van der Waals surface area contributed by atoms with Gasteiger partial charge < -0.3 is 15.1 Å². The summed E-state index contributed by atoms with van der Waals surface area (Å²) in [6, 6.07) is 8.72. The molecule has 2 aromatic rings. The van der Waals surface area contributed by atoms with E-state index in [-0.39, 0.29) is 17.5 Å². The molecule has 1 aliphatic heterocycles. The highest BCUT2D eigenvalue weighted by atomic mass is 16.4. The van der Waals surface area contributed by atoms with Crippen molar-refractivity contribution in [2.24, 2.45) is 5.73 Å². The maximum atomic E-state index is 12.3. The molecule has 1 aromatic carbocycles. The van der Waals surface area contributed by atoms with Crippen LogP contribution in [0.3, 0.4) is 0 Å². The minimum Gasteiger partial charge on any atom is -0.422 e. The van der Waals surface area contributed by atoms with Crippen LogP contribution in [0.2, 0.25) is 0 Å². The lowest BCUT2D eigenvalue weighted by Gasteiger charge is -2.14. The maximum Gasteiger partial charge on any atom is 0.349 e. The first kappa shape index (κ1) is 11.9. The Balaban J connectivity index is 2.02. The Bertz CT molecular complexity index is 692. The molecule has 5 nitrogen and oxygen atoms in total. The van der Waals surface area contributed by atoms with Crippen molar-refractivity contribution in [1.29, 1.82) is 0 Å². The Morgan fingerprint density at radius 1 is 1.37 bits per heavy atom. The lowest BCUT2D eigenvalue weighted by atomic mass is 10.1. The van der Waals surface area contributed by atoms with Gasteiger partial charge in [-0.05, 0) is 18.6 Å². The molecule has 0 aliphatic carbocycles. The Labute approximate surface area is 109 Å². The van der Waals surface area contributed by atoms with Gasteiger partial charge >= 0.3 is 5.63 Å². The number of rotatable bonds is 1. The van der Waals surface area contributed by atoms with E-state index in [1.54, 1.807) is 23.1 Å². The van der Waals surface area contributed by atoms with Crippen molar-refractivity contribution in [3.05, 3.63) is 46.3 Å². The fourth-order valence-electron chi connectivity index (χ4n) is 2.35. The Hall–Kier alpha value is -2.14. The van der Waals surface area contributed by atoms with Crippen molar-refractivity contribution >= 4 is 16.9 Å². The van der Waals surface area contributed by atoms with Gasteiger partial charge in [-0.1, -0.05) is 18.2 Å². The number of hydrogen-bond donors (Lipinski definition) is 1. The van der Waals surface area contributed by atoms with Crippen molar-refractivity contribution in [2.75, 3.05) is 13.1 Å². The van der Waals surface area contributed by atoms with Crippen molar-refractivity contribution < 1.29 is 9.21 Å². The van der Waals surface area contributed by atoms with Crippen LogP contribution >= 0.6 is 0 Å². The minimum atomic E-state index is -0.593. The molecule has 1 saturated heterocycles. The molecule has 5 heteroatoms. The topological polar surface area (TPSA) is 76.5 Å². The first-order valence-electron chi connectivity index (χ1n) is 6.23. The molecule has 2 N–H and O–H groups in total. The molecule has 98 valence electrons. The van der Waals surface area contributed by atoms with Crippen molar-refractivity contribution in [3.8, 4) is 0 Å². The van der Waals surface area contributed by atoms with E-state index < -0.39 is 5.63 Å². The Morgan fingerprint density at radius 2 is 2.16 bits per heavy atom. The number of nitrogens with two attached hydrogens (primary N) is 1. The first-order valence-corrected chi connectivity index (χ1v) is 6.23. The molecule has 2 heterocycles. The normalized spacial score (nSPS) is 19.0. The molecule has 1 fully saturated rings. The predicted octanol–water partition coefficient (Wildman–Crippen LogP) is 0.966. The van der Waals surface area contributed by atoms with E-state index >= 15 is 0 Å². The second-order valence-electron chi connectivity index (χ2n) is 4.79. The SMILES string of the molecule is N[C@H]1CCN(C(=O)c2cc3ccccc3oc2=O)C1. The summed E-state index contributed by atoms with van der Waals surface area (Å²) in [6.07, 6.45) is 0.769. The molecule has 1 aromatic heterocycles. The molecule has 0 bridgehead atoms. The third-order valence-electron chi connectivity index (χ3n) is 3.38. The molecule has 3 rings (SSSR count). The average molecular weight is 258 g/mol. The minimum absolute atomic E-state index is 0.00329. The zero-order valence-electron chi connectivity index (χ0n) is 10.3. The summed E-state index contributed by atoms with van der Waals surface area (Å²) in [6.45, 7) is 1.08. The third-order valence-corrected chi connectivity index (χ3v) is 3.38. The molecule has 0 unspecified atom stereocenters. The van der Waals surface area contributed by atoms with Gasteiger partial charge in [0.05, 0.1) is 0 Å². The van der Waals surface area contributed by atoms with Crippen LogP contribution in [0.25, 0.3) is 11.0 Å². The third kappa shape index (κ3) is 2.13. The molecule has 1 aliphatic rings. The molecule has 0 radical (unpaired) electrons. The van der Waals surface area contributed by atoms with Crippen LogP contribution in [-0.4, -0.2) is 29.9 Å². The molecule has 1 amide bonds. The molecular formula is C14H14N2O3. The zero-order valence-corrected chi connectivity index (χ0v) is 10.3. The van der Waals surface area contributed by atoms with Gasteiger partial charge in [-0.2, -0.15) is 0 Å². The number of benzene rings is 1. The predicted molar refractivity (Wildman–Crippen MR) is 71.0 cm³/mol. The quantitative estimate of drug-likeness (QED) is 0.773. The summed E-state index contributed by atoms with van der Waals surface area (Å²) in [5, 5.41) is 0.744. The summed E-state index contributed by atoms with van der Waals surface area (Å²) in [5.41, 5.74) is 5.75. The average Bonchev–Trinajstić information content (AvgIpc) is 2.84. The van der Waals surface area contributed by atoms with E-state index in [1.165, 1.54) is 0 Å². The smallest absolute Gasteiger partial charge is 0.349 e. The lowest BCUT2D eigenvalue weighted by Crippen LogP contribution is -2.34. The molecule has 0 spiro atoms.